The number of benzene rings is 1. The van der Waals surface area contributed by atoms with Crippen molar-refractivity contribution in [2.45, 2.75) is 53.0 Å². The van der Waals surface area contributed by atoms with Gasteiger partial charge in [-0.15, -0.1) is 11.6 Å². The Morgan fingerprint density at radius 2 is 1.68 bits per heavy atom. The number of halogens is 1. The number of esters is 1. The van der Waals surface area contributed by atoms with E-state index in [9.17, 15) is 9.59 Å². The summed E-state index contributed by atoms with van der Waals surface area (Å²) in [5.74, 6) is 0.842. The fourth-order valence-corrected chi connectivity index (χ4v) is 3.33. The highest BCUT2D eigenvalue weighted by Crippen LogP contribution is 2.29. The molecule has 5 nitrogen and oxygen atoms in total. The van der Waals surface area contributed by atoms with E-state index < -0.39 is 0 Å². The van der Waals surface area contributed by atoms with Gasteiger partial charge in [-0.2, -0.15) is 0 Å². The van der Waals surface area contributed by atoms with Gasteiger partial charge in [0.2, 0.25) is 5.91 Å². The van der Waals surface area contributed by atoms with Gasteiger partial charge in [0.15, 0.2) is 0 Å². The van der Waals surface area contributed by atoms with Crippen LogP contribution >= 0.6 is 11.6 Å². The van der Waals surface area contributed by atoms with E-state index in [1.807, 2.05) is 30.3 Å². The lowest BCUT2D eigenvalue weighted by molar-refractivity contribution is -0.143. The van der Waals surface area contributed by atoms with E-state index in [4.69, 9.17) is 20.8 Å². The third-order valence-corrected chi connectivity index (χ3v) is 4.79. The van der Waals surface area contributed by atoms with Crippen molar-refractivity contribution in [1.29, 1.82) is 0 Å². The molecule has 1 aromatic heterocycles. The predicted molar refractivity (Wildman–Crippen MR) is 111 cm³/mol. The summed E-state index contributed by atoms with van der Waals surface area (Å²) < 4.78 is 10.8. The minimum Gasteiger partial charge on any atom is -0.466 e. The van der Waals surface area contributed by atoms with Gasteiger partial charge in [0.1, 0.15) is 17.4 Å². The molecule has 0 unspecified atom stereocenters. The maximum Gasteiger partial charge on any atom is 0.306 e. The monoisotopic (exact) mass is 405 g/mol. The summed E-state index contributed by atoms with van der Waals surface area (Å²) in [5.41, 5.74) is 3.13. The van der Waals surface area contributed by atoms with Crippen LogP contribution in [0, 0.1) is 0 Å². The summed E-state index contributed by atoms with van der Waals surface area (Å²) in [4.78, 5) is 25.9. The van der Waals surface area contributed by atoms with Crippen LogP contribution in [0.25, 0.3) is 0 Å². The largest absolute Gasteiger partial charge is 0.466 e. The zero-order valence-electron chi connectivity index (χ0n) is 16.8. The first kappa shape index (κ1) is 22.0. The summed E-state index contributed by atoms with van der Waals surface area (Å²) >= 11 is 5.90. The van der Waals surface area contributed by atoms with Gasteiger partial charge in [0.05, 0.1) is 25.3 Å². The highest BCUT2D eigenvalue weighted by atomic mass is 35.5. The second kappa shape index (κ2) is 10.9. The molecular formula is C22H28ClNO4. The minimum atomic E-state index is -0.246. The average Bonchev–Trinajstić information content (AvgIpc) is 3.17. The first-order valence-corrected chi connectivity index (χ1v) is 10.3. The molecule has 0 aliphatic carbocycles. The summed E-state index contributed by atoms with van der Waals surface area (Å²) in [6.45, 7) is 6.59. The van der Waals surface area contributed by atoms with Gasteiger partial charge >= 0.3 is 5.97 Å². The van der Waals surface area contributed by atoms with Gasteiger partial charge in [-0.3, -0.25) is 9.59 Å². The number of hydrogen-bond acceptors (Lipinski definition) is 4. The first-order valence-electron chi connectivity index (χ1n) is 9.74. The molecule has 0 aliphatic heterocycles. The van der Waals surface area contributed by atoms with E-state index >= 15 is 0 Å². The molecule has 1 amide bonds. The van der Waals surface area contributed by atoms with Crippen molar-refractivity contribution in [1.82, 2.24) is 0 Å². The first-order chi connectivity index (χ1) is 13.5. The molecule has 2 aromatic rings. The van der Waals surface area contributed by atoms with E-state index in [1.54, 1.807) is 11.8 Å². The second-order valence-corrected chi connectivity index (χ2v) is 6.69. The summed E-state index contributed by atoms with van der Waals surface area (Å²) in [7, 11) is 0. The second-order valence-electron chi connectivity index (χ2n) is 6.42. The fraction of sp³-hybridized carbons (Fsp3) is 0.455. The molecule has 1 aromatic carbocycles. The number of anilines is 1. The van der Waals surface area contributed by atoms with Crippen molar-refractivity contribution in [3.63, 3.8) is 0 Å². The summed E-state index contributed by atoms with van der Waals surface area (Å²) in [6.07, 6.45) is 2.37. The zero-order chi connectivity index (χ0) is 20.5. The number of nitrogens with zero attached hydrogens (tertiary/aromatic N) is 1. The van der Waals surface area contributed by atoms with Gasteiger partial charge in [-0.1, -0.05) is 32.0 Å². The number of hydrogen-bond donors (Lipinski definition) is 0. The molecule has 1 heterocycles. The van der Waals surface area contributed by atoms with E-state index in [0.29, 0.717) is 31.1 Å². The molecule has 0 saturated carbocycles. The molecule has 0 bridgehead atoms. The van der Waals surface area contributed by atoms with Crippen molar-refractivity contribution >= 4 is 29.2 Å². The number of carbonyl (C=O) groups excluding carboxylic acids is 2. The van der Waals surface area contributed by atoms with E-state index in [0.717, 1.165) is 29.7 Å². The Kier molecular flexibility index (Phi) is 8.58. The molecule has 0 radical (unpaired) electrons. The number of amides is 1. The van der Waals surface area contributed by atoms with E-state index in [-0.39, 0.29) is 24.2 Å². The van der Waals surface area contributed by atoms with Crippen molar-refractivity contribution < 1.29 is 18.7 Å². The molecule has 0 spiro atoms. The van der Waals surface area contributed by atoms with Crippen molar-refractivity contribution in [3.8, 4) is 0 Å². The van der Waals surface area contributed by atoms with Crippen LogP contribution in [0.3, 0.4) is 0 Å². The molecule has 6 heteroatoms. The number of rotatable bonds is 10. The van der Waals surface area contributed by atoms with Crippen LogP contribution in [0.2, 0.25) is 0 Å². The number of para-hydroxylation sites is 1. The zero-order valence-corrected chi connectivity index (χ0v) is 17.6. The Hall–Kier alpha value is -2.27. The number of furan rings is 1. The minimum absolute atomic E-state index is 0.0996. The smallest absolute Gasteiger partial charge is 0.306 e. The highest BCUT2D eigenvalue weighted by Gasteiger charge is 2.22. The van der Waals surface area contributed by atoms with Crippen LogP contribution in [0.15, 0.2) is 34.7 Å². The van der Waals surface area contributed by atoms with Crippen molar-refractivity contribution in [2.75, 3.05) is 17.4 Å². The molecule has 2 rings (SSSR count). The SMILES string of the molecule is CCOC(=O)CCc1ccc(CN(C(=O)CCl)c2c(CC)cccc2CC)o1. The quantitative estimate of drug-likeness (QED) is 0.425. The number of ether oxygens (including phenoxy) is 1. The average molecular weight is 406 g/mol. The third kappa shape index (κ3) is 5.61. The summed E-state index contributed by atoms with van der Waals surface area (Å²) in [5, 5.41) is 0. The standard InChI is InChI=1S/C22H28ClNO4/c1-4-16-8-7-9-17(5-2)22(16)24(20(25)14-23)15-19-11-10-18(28-19)12-13-21(26)27-6-3/h7-11H,4-6,12-15H2,1-3H3. The molecular weight excluding hydrogens is 378 g/mol. The molecule has 28 heavy (non-hydrogen) atoms. The summed E-state index contributed by atoms with van der Waals surface area (Å²) in [6, 6.07) is 9.77. The number of aryl methyl sites for hydroxylation is 3. The third-order valence-electron chi connectivity index (χ3n) is 4.56. The van der Waals surface area contributed by atoms with Crippen LogP contribution in [0.5, 0.6) is 0 Å². The Morgan fingerprint density at radius 3 is 2.25 bits per heavy atom. The maximum absolute atomic E-state index is 12.6. The Morgan fingerprint density at radius 1 is 1.04 bits per heavy atom. The molecule has 0 atom stereocenters. The van der Waals surface area contributed by atoms with Crippen LogP contribution in [-0.2, 0) is 40.1 Å². The Bertz CT molecular complexity index is 777. The number of alkyl halides is 1. The van der Waals surface area contributed by atoms with Gasteiger partial charge in [0.25, 0.3) is 0 Å². The Balaban J connectivity index is 2.23. The lowest BCUT2D eigenvalue weighted by Gasteiger charge is -2.26. The topological polar surface area (TPSA) is 59.8 Å². The molecule has 0 fully saturated rings. The van der Waals surface area contributed by atoms with Gasteiger partial charge < -0.3 is 14.1 Å². The predicted octanol–water partition coefficient (Wildman–Crippen LogP) is 4.67. The van der Waals surface area contributed by atoms with Crippen LogP contribution < -0.4 is 4.90 Å². The molecule has 0 aliphatic rings. The fourth-order valence-electron chi connectivity index (χ4n) is 3.18. The van der Waals surface area contributed by atoms with Gasteiger partial charge in [-0.05, 0) is 43.0 Å². The van der Waals surface area contributed by atoms with E-state index in [1.165, 1.54) is 0 Å². The Labute approximate surface area is 171 Å². The molecule has 0 saturated heterocycles. The van der Waals surface area contributed by atoms with E-state index in [2.05, 4.69) is 13.8 Å². The van der Waals surface area contributed by atoms with Crippen LogP contribution in [-0.4, -0.2) is 24.4 Å². The van der Waals surface area contributed by atoms with Crippen LogP contribution in [0.4, 0.5) is 5.69 Å². The number of carbonyl (C=O) groups is 2. The maximum atomic E-state index is 12.6. The lowest BCUT2D eigenvalue weighted by atomic mass is 10.0. The van der Waals surface area contributed by atoms with Crippen molar-refractivity contribution in [2.24, 2.45) is 0 Å². The van der Waals surface area contributed by atoms with Gasteiger partial charge in [0, 0.05) is 6.42 Å². The van der Waals surface area contributed by atoms with Crippen LogP contribution in [0.1, 0.15) is 49.8 Å². The highest BCUT2D eigenvalue weighted by molar-refractivity contribution is 6.29. The lowest BCUT2D eigenvalue weighted by Crippen LogP contribution is -2.33. The molecule has 0 N–H and O–H groups in total. The van der Waals surface area contributed by atoms with Crippen molar-refractivity contribution in [3.05, 3.63) is 53.0 Å². The normalized spacial score (nSPS) is 10.7. The molecule has 152 valence electrons. The van der Waals surface area contributed by atoms with Gasteiger partial charge in [-0.25, -0.2) is 0 Å².